The van der Waals surface area contributed by atoms with Gasteiger partial charge in [0.05, 0.1) is 23.8 Å². The smallest absolute Gasteiger partial charge is 0.282 e. The number of aryl methyl sites for hydroxylation is 1. The minimum absolute atomic E-state index is 0.325. The molecule has 106 valence electrons. The lowest BCUT2D eigenvalue weighted by molar-refractivity contribution is 0.471. The molecule has 0 aliphatic carbocycles. The van der Waals surface area contributed by atoms with Crippen molar-refractivity contribution in [3.63, 3.8) is 0 Å². The highest BCUT2D eigenvalue weighted by Crippen LogP contribution is 2.35. The first-order valence-electron chi connectivity index (χ1n) is 6.87. The average Bonchev–Trinajstić information content (AvgIpc) is 2.89. The lowest BCUT2D eigenvalue weighted by atomic mass is 10.0. The number of benzene rings is 1. The summed E-state index contributed by atoms with van der Waals surface area (Å²) >= 11 is 0. The first kappa shape index (κ1) is 14.9. The standard InChI is InChI=1S/C15H19N3OS/c1-4-5-10-15(16-3)14(11-17-18-15)20(19)13-8-6-12(2)7-9-13/h6-9,14H,4-5,10-11H2,1-2H3/t14-,15+,20+/m1/s1. The number of nitrogens with zero attached hydrogens (tertiary/aromatic N) is 3. The molecule has 2 rings (SSSR count). The van der Waals surface area contributed by atoms with Crippen LogP contribution in [0, 0.1) is 13.5 Å². The van der Waals surface area contributed by atoms with Crippen molar-refractivity contribution in [3.8, 4) is 0 Å². The van der Waals surface area contributed by atoms with Gasteiger partial charge in [-0.1, -0.05) is 31.0 Å². The van der Waals surface area contributed by atoms with E-state index in [2.05, 4.69) is 22.0 Å². The number of rotatable bonds is 5. The largest absolute Gasteiger partial charge is 0.356 e. The number of hydrogen-bond donors (Lipinski definition) is 0. The van der Waals surface area contributed by atoms with Gasteiger partial charge < -0.3 is 0 Å². The molecule has 3 atom stereocenters. The van der Waals surface area contributed by atoms with Gasteiger partial charge in [0.15, 0.2) is 5.25 Å². The predicted octanol–water partition coefficient (Wildman–Crippen LogP) is 3.74. The van der Waals surface area contributed by atoms with Crippen LogP contribution in [0.4, 0.5) is 0 Å². The summed E-state index contributed by atoms with van der Waals surface area (Å²) in [4.78, 5) is 4.46. The van der Waals surface area contributed by atoms with Gasteiger partial charge in [-0.25, -0.2) is 6.57 Å². The molecule has 0 saturated heterocycles. The highest BCUT2D eigenvalue weighted by Gasteiger charge is 2.52. The Balaban J connectivity index is 2.25. The Kier molecular flexibility index (Phi) is 4.66. The van der Waals surface area contributed by atoms with E-state index in [1.165, 1.54) is 0 Å². The molecule has 5 heteroatoms. The Labute approximate surface area is 122 Å². The molecule has 0 fully saturated rings. The second-order valence-corrected chi connectivity index (χ2v) is 6.75. The summed E-state index contributed by atoms with van der Waals surface area (Å²) in [6.45, 7) is 11.9. The fraction of sp³-hybridized carbons (Fsp3) is 0.533. The number of hydrogen-bond acceptors (Lipinski definition) is 3. The van der Waals surface area contributed by atoms with E-state index in [-0.39, 0.29) is 5.25 Å². The van der Waals surface area contributed by atoms with Crippen LogP contribution in [0.15, 0.2) is 39.4 Å². The second kappa shape index (κ2) is 6.27. The Hall–Kier alpha value is -1.54. The molecule has 0 bridgehead atoms. The summed E-state index contributed by atoms with van der Waals surface area (Å²) in [6.07, 6.45) is 2.54. The van der Waals surface area contributed by atoms with Crippen molar-refractivity contribution in [2.75, 3.05) is 6.54 Å². The SMILES string of the molecule is [C-]#[N+][C@@]1(CCCC)N=NC[C@H]1[S@@](=O)c1ccc(C)cc1. The first-order chi connectivity index (χ1) is 9.63. The van der Waals surface area contributed by atoms with E-state index in [9.17, 15) is 4.21 Å². The van der Waals surface area contributed by atoms with Crippen molar-refractivity contribution >= 4 is 10.8 Å². The lowest BCUT2D eigenvalue weighted by Gasteiger charge is -2.19. The van der Waals surface area contributed by atoms with E-state index >= 15 is 0 Å². The molecular weight excluding hydrogens is 270 g/mol. The third kappa shape index (κ3) is 2.80. The van der Waals surface area contributed by atoms with Crippen LogP contribution in [0.1, 0.15) is 31.7 Å². The fourth-order valence-corrected chi connectivity index (χ4v) is 3.82. The zero-order valence-corrected chi connectivity index (χ0v) is 12.7. The molecule has 1 aromatic carbocycles. The highest BCUT2D eigenvalue weighted by atomic mass is 32.2. The van der Waals surface area contributed by atoms with Crippen LogP contribution in [0.2, 0.25) is 0 Å². The van der Waals surface area contributed by atoms with Gasteiger partial charge >= 0.3 is 5.66 Å². The molecule has 0 radical (unpaired) electrons. The average molecular weight is 289 g/mol. The number of unbranched alkanes of at least 4 members (excludes halogenated alkanes) is 1. The molecular formula is C15H19N3OS. The van der Waals surface area contributed by atoms with Crippen LogP contribution in [0.5, 0.6) is 0 Å². The van der Waals surface area contributed by atoms with Crippen LogP contribution in [0.3, 0.4) is 0 Å². The molecule has 0 amide bonds. The quantitative estimate of drug-likeness (QED) is 0.762. The maximum absolute atomic E-state index is 12.7. The normalized spacial score (nSPS) is 26.4. The van der Waals surface area contributed by atoms with Crippen molar-refractivity contribution in [2.45, 2.75) is 48.9 Å². The Morgan fingerprint density at radius 3 is 2.75 bits per heavy atom. The zero-order valence-electron chi connectivity index (χ0n) is 11.9. The highest BCUT2D eigenvalue weighted by molar-refractivity contribution is 7.85. The van der Waals surface area contributed by atoms with Crippen LogP contribution >= 0.6 is 0 Å². The van der Waals surface area contributed by atoms with Gasteiger partial charge in [0.1, 0.15) is 0 Å². The van der Waals surface area contributed by atoms with E-state index in [1.54, 1.807) is 0 Å². The van der Waals surface area contributed by atoms with Gasteiger partial charge in [-0.2, -0.15) is 5.11 Å². The summed E-state index contributed by atoms with van der Waals surface area (Å²) in [5.41, 5.74) is 0.208. The molecule has 0 spiro atoms. The molecule has 1 aliphatic rings. The molecule has 0 aromatic heterocycles. The molecule has 1 heterocycles. The molecule has 0 N–H and O–H groups in total. The summed E-state index contributed by atoms with van der Waals surface area (Å²) < 4.78 is 12.7. The molecule has 4 nitrogen and oxygen atoms in total. The maximum Gasteiger partial charge on any atom is 0.356 e. The summed E-state index contributed by atoms with van der Waals surface area (Å²) in [6, 6.07) is 7.64. The van der Waals surface area contributed by atoms with E-state index in [1.807, 2.05) is 31.2 Å². The van der Waals surface area contributed by atoms with Crippen molar-refractivity contribution < 1.29 is 4.21 Å². The van der Waals surface area contributed by atoms with E-state index in [0.29, 0.717) is 13.0 Å². The minimum Gasteiger partial charge on any atom is -0.282 e. The summed E-state index contributed by atoms with van der Waals surface area (Å²) in [7, 11) is -1.24. The van der Waals surface area contributed by atoms with Gasteiger partial charge in [0.25, 0.3) is 0 Å². The van der Waals surface area contributed by atoms with Gasteiger partial charge in [-0.15, -0.1) is 5.11 Å². The van der Waals surface area contributed by atoms with E-state index in [4.69, 9.17) is 6.57 Å². The fourth-order valence-electron chi connectivity index (χ4n) is 2.32. The zero-order chi connectivity index (χ0) is 14.6. The third-order valence-electron chi connectivity index (χ3n) is 3.61. The second-order valence-electron chi connectivity index (χ2n) is 5.12. The monoisotopic (exact) mass is 289 g/mol. The predicted molar refractivity (Wildman–Crippen MR) is 80.0 cm³/mol. The summed E-state index contributed by atoms with van der Waals surface area (Å²) in [5, 5.41) is 7.85. The topological polar surface area (TPSA) is 46.1 Å². The molecule has 1 aromatic rings. The summed E-state index contributed by atoms with van der Waals surface area (Å²) in [5.74, 6) is 0. The van der Waals surface area contributed by atoms with Gasteiger partial charge in [-0.3, -0.25) is 9.05 Å². The van der Waals surface area contributed by atoms with Crippen molar-refractivity contribution in [1.29, 1.82) is 0 Å². The minimum atomic E-state index is -1.24. The van der Waals surface area contributed by atoms with Gasteiger partial charge in [-0.05, 0) is 25.5 Å². The molecule has 0 unspecified atom stereocenters. The van der Waals surface area contributed by atoms with Crippen LogP contribution in [-0.4, -0.2) is 21.7 Å². The van der Waals surface area contributed by atoms with Crippen molar-refractivity contribution in [1.82, 2.24) is 0 Å². The van der Waals surface area contributed by atoms with Gasteiger partial charge in [0, 0.05) is 4.90 Å². The van der Waals surface area contributed by atoms with Crippen molar-refractivity contribution in [2.24, 2.45) is 10.2 Å². The maximum atomic E-state index is 12.7. The van der Waals surface area contributed by atoms with Crippen LogP contribution < -0.4 is 0 Å². The molecule has 1 aliphatic heterocycles. The number of azo groups is 1. The van der Waals surface area contributed by atoms with Crippen LogP contribution in [0.25, 0.3) is 4.85 Å². The Morgan fingerprint density at radius 1 is 1.45 bits per heavy atom. The van der Waals surface area contributed by atoms with Gasteiger partial charge in [0.2, 0.25) is 0 Å². The lowest BCUT2D eigenvalue weighted by Crippen LogP contribution is -2.39. The Morgan fingerprint density at radius 2 is 2.15 bits per heavy atom. The molecule has 20 heavy (non-hydrogen) atoms. The van der Waals surface area contributed by atoms with E-state index < -0.39 is 16.5 Å². The third-order valence-corrected chi connectivity index (χ3v) is 5.39. The molecule has 0 saturated carbocycles. The van der Waals surface area contributed by atoms with Crippen molar-refractivity contribution in [3.05, 3.63) is 41.2 Å². The van der Waals surface area contributed by atoms with E-state index in [0.717, 1.165) is 23.3 Å². The van der Waals surface area contributed by atoms with Crippen LogP contribution in [-0.2, 0) is 10.8 Å². The Bertz CT molecular complexity index is 561. The first-order valence-corrected chi connectivity index (χ1v) is 8.09.